The number of hydrogen-bond donors (Lipinski definition) is 4. The molecule has 0 bridgehead atoms. The zero-order valence-corrected chi connectivity index (χ0v) is 21.5. The van der Waals surface area contributed by atoms with Crippen LogP contribution in [0.25, 0.3) is 0 Å². The number of carbonyl (C=O) groups is 2. The normalized spacial score (nSPS) is 13.5. The Hall–Kier alpha value is -4.11. The number of hydrazine groups is 2. The van der Waals surface area contributed by atoms with Crippen molar-refractivity contribution in [3.05, 3.63) is 88.5 Å². The standard InChI is InChI=1S/C25H29N5O4.C2H6/c1-17(6-4-7-18(2)25(32)33)15-26-24(31)21-9-5-8-20(14-21)23-27-29-30(28-23)16-19-10-12-22(34-3)13-11-19;1-2/h5-14,29H,4,15-16H2,1-3H3,(H,26,31)(H,27,28)(H,32,33);1-2H3/b17-6+,18-7+;. The zero-order chi connectivity index (χ0) is 26.5. The van der Waals surface area contributed by atoms with Crippen LogP contribution in [0.5, 0.6) is 5.75 Å². The summed E-state index contributed by atoms with van der Waals surface area (Å²) in [7, 11) is 1.63. The van der Waals surface area contributed by atoms with E-state index in [9.17, 15) is 9.59 Å². The summed E-state index contributed by atoms with van der Waals surface area (Å²) in [4.78, 5) is 23.4. The van der Waals surface area contributed by atoms with Crippen molar-refractivity contribution in [1.82, 2.24) is 21.4 Å². The van der Waals surface area contributed by atoms with E-state index >= 15 is 0 Å². The van der Waals surface area contributed by atoms with E-state index in [1.54, 1.807) is 37.4 Å². The van der Waals surface area contributed by atoms with Crippen LogP contribution in [-0.2, 0) is 11.3 Å². The SMILES string of the molecule is CC.COc1ccc(CN2NN=C(c3cccc(C(=O)NC/C(C)=C/C/C=C(\C)C(=O)O)c3)N2)cc1. The number of benzene rings is 2. The molecule has 2 aromatic rings. The van der Waals surface area contributed by atoms with Crippen LogP contribution in [0.1, 0.15) is 55.6 Å². The second-order valence-corrected chi connectivity index (χ2v) is 7.85. The summed E-state index contributed by atoms with van der Waals surface area (Å²) in [6.07, 6.45) is 4.03. The highest BCUT2D eigenvalue weighted by molar-refractivity contribution is 6.02. The minimum absolute atomic E-state index is 0.200. The van der Waals surface area contributed by atoms with Gasteiger partial charge in [-0.3, -0.25) is 10.2 Å². The Morgan fingerprint density at radius 2 is 1.83 bits per heavy atom. The fourth-order valence-corrected chi connectivity index (χ4v) is 3.13. The molecule has 0 aliphatic carbocycles. The highest BCUT2D eigenvalue weighted by atomic mass is 16.5. The van der Waals surface area contributed by atoms with Crippen LogP contribution in [0.4, 0.5) is 0 Å². The maximum absolute atomic E-state index is 12.6. The predicted molar refractivity (Wildman–Crippen MR) is 141 cm³/mol. The summed E-state index contributed by atoms with van der Waals surface area (Å²) in [5, 5.41) is 17.8. The zero-order valence-electron chi connectivity index (χ0n) is 21.5. The molecule has 36 heavy (non-hydrogen) atoms. The lowest BCUT2D eigenvalue weighted by molar-refractivity contribution is -0.132. The largest absolute Gasteiger partial charge is 0.497 e. The molecule has 1 heterocycles. The third-order valence-electron chi connectivity index (χ3n) is 5.18. The molecular weight excluding hydrogens is 458 g/mol. The van der Waals surface area contributed by atoms with Crippen LogP contribution in [-0.4, -0.2) is 41.6 Å². The molecule has 0 atom stereocenters. The molecule has 0 fully saturated rings. The van der Waals surface area contributed by atoms with E-state index in [1.165, 1.54) is 0 Å². The second-order valence-electron chi connectivity index (χ2n) is 7.85. The number of allylic oxidation sites excluding steroid dienone is 2. The lowest BCUT2D eigenvalue weighted by Crippen LogP contribution is -2.40. The summed E-state index contributed by atoms with van der Waals surface area (Å²) < 4.78 is 5.18. The first kappa shape index (κ1) is 28.1. The smallest absolute Gasteiger partial charge is 0.330 e. The second kappa shape index (κ2) is 14.3. The van der Waals surface area contributed by atoms with Crippen LogP contribution in [0.2, 0.25) is 0 Å². The van der Waals surface area contributed by atoms with Crippen molar-refractivity contribution in [2.24, 2.45) is 5.10 Å². The van der Waals surface area contributed by atoms with Gasteiger partial charge in [-0.15, -0.1) is 10.2 Å². The number of rotatable bonds is 10. The molecule has 9 nitrogen and oxygen atoms in total. The van der Waals surface area contributed by atoms with Crippen LogP contribution in [0, 0.1) is 0 Å². The first-order valence-electron chi connectivity index (χ1n) is 11.8. The highest BCUT2D eigenvalue weighted by Crippen LogP contribution is 2.14. The Morgan fingerprint density at radius 1 is 1.11 bits per heavy atom. The average molecular weight is 494 g/mol. The topological polar surface area (TPSA) is 115 Å². The number of aliphatic carboxylic acids is 1. The van der Waals surface area contributed by atoms with Crippen molar-refractivity contribution >= 4 is 17.7 Å². The third-order valence-corrected chi connectivity index (χ3v) is 5.18. The molecule has 0 radical (unpaired) electrons. The number of hydrazone groups is 1. The maximum Gasteiger partial charge on any atom is 0.330 e. The van der Waals surface area contributed by atoms with Gasteiger partial charge in [-0.25, -0.2) is 10.3 Å². The fourth-order valence-electron chi connectivity index (χ4n) is 3.13. The van der Waals surface area contributed by atoms with Crippen LogP contribution in [0.15, 0.2) is 76.9 Å². The quantitative estimate of drug-likeness (QED) is 0.292. The molecule has 1 aliphatic heterocycles. The Kier molecular flexibility index (Phi) is 11.2. The summed E-state index contributed by atoms with van der Waals surface area (Å²) in [5.41, 5.74) is 9.74. The highest BCUT2D eigenvalue weighted by Gasteiger charge is 2.17. The van der Waals surface area contributed by atoms with E-state index < -0.39 is 5.97 Å². The Bertz CT molecular complexity index is 1120. The van der Waals surface area contributed by atoms with E-state index in [0.29, 0.717) is 36.5 Å². The Labute approximate surface area is 212 Å². The van der Waals surface area contributed by atoms with Crippen molar-refractivity contribution in [2.45, 2.75) is 40.7 Å². The van der Waals surface area contributed by atoms with Gasteiger partial charge in [0.05, 0.1) is 13.7 Å². The Morgan fingerprint density at radius 3 is 2.50 bits per heavy atom. The molecule has 3 rings (SSSR count). The number of nitrogens with zero attached hydrogens (tertiary/aromatic N) is 2. The lowest BCUT2D eigenvalue weighted by Gasteiger charge is -2.16. The van der Waals surface area contributed by atoms with Crippen LogP contribution in [0.3, 0.4) is 0 Å². The molecule has 1 amide bonds. The van der Waals surface area contributed by atoms with Gasteiger partial charge in [0.15, 0.2) is 5.84 Å². The van der Waals surface area contributed by atoms with Gasteiger partial charge in [0.25, 0.3) is 5.91 Å². The number of carboxylic acids is 1. The molecule has 1 aliphatic rings. The molecule has 192 valence electrons. The molecule has 0 saturated heterocycles. The number of nitrogens with one attached hydrogen (secondary N) is 3. The summed E-state index contributed by atoms with van der Waals surface area (Å²) in [6, 6.07) is 15.0. The van der Waals surface area contributed by atoms with Gasteiger partial charge in [0, 0.05) is 23.2 Å². The number of carbonyl (C=O) groups excluding carboxylic acids is 1. The van der Waals surface area contributed by atoms with Gasteiger partial charge < -0.3 is 15.2 Å². The van der Waals surface area contributed by atoms with Crippen molar-refractivity contribution < 1.29 is 19.4 Å². The number of amidine groups is 1. The van der Waals surface area contributed by atoms with E-state index in [0.717, 1.165) is 22.4 Å². The van der Waals surface area contributed by atoms with E-state index in [2.05, 4.69) is 21.4 Å². The van der Waals surface area contributed by atoms with Gasteiger partial charge in [-0.05, 0) is 50.1 Å². The maximum atomic E-state index is 12.6. The molecule has 0 spiro atoms. The van der Waals surface area contributed by atoms with Crippen molar-refractivity contribution in [3.63, 3.8) is 0 Å². The molecule has 0 aromatic heterocycles. The first-order chi connectivity index (χ1) is 17.4. The molecule has 0 unspecified atom stereocenters. The molecule has 9 heteroatoms. The monoisotopic (exact) mass is 493 g/mol. The van der Waals surface area contributed by atoms with Crippen LogP contribution < -0.4 is 21.0 Å². The van der Waals surface area contributed by atoms with Gasteiger partial charge in [-0.2, -0.15) is 0 Å². The number of carboxylic acid groups (broad SMARTS) is 1. The number of ether oxygens (including phenoxy) is 1. The van der Waals surface area contributed by atoms with E-state index in [4.69, 9.17) is 9.84 Å². The molecule has 0 saturated carbocycles. The minimum Gasteiger partial charge on any atom is -0.497 e. The first-order valence-corrected chi connectivity index (χ1v) is 11.8. The molecular formula is C27H35N5O4. The average Bonchev–Trinajstić information content (AvgIpc) is 3.37. The van der Waals surface area contributed by atoms with E-state index in [1.807, 2.05) is 63.2 Å². The summed E-state index contributed by atoms with van der Waals surface area (Å²) in [5.74, 6) is 0.280. The van der Waals surface area contributed by atoms with Gasteiger partial charge in [-0.1, -0.05) is 55.8 Å². The van der Waals surface area contributed by atoms with E-state index in [-0.39, 0.29) is 5.91 Å². The molecule has 4 N–H and O–H groups in total. The van der Waals surface area contributed by atoms with Crippen molar-refractivity contribution in [2.75, 3.05) is 13.7 Å². The minimum atomic E-state index is -0.931. The van der Waals surface area contributed by atoms with Crippen molar-refractivity contribution in [3.8, 4) is 5.75 Å². The fraction of sp³-hybridized carbons (Fsp3) is 0.296. The van der Waals surface area contributed by atoms with Crippen molar-refractivity contribution in [1.29, 1.82) is 0 Å². The summed E-state index contributed by atoms with van der Waals surface area (Å²) >= 11 is 0. The lowest BCUT2D eigenvalue weighted by atomic mass is 10.1. The van der Waals surface area contributed by atoms with Crippen LogP contribution >= 0.6 is 0 Å². The Balaban J connectivity index is 0.00000222. The predicted octanol–water partition coefficient (Wildman–Crippen LogP) is 4.01. The number of methoxy groups -OCH3 is 1. The van der Waals surface area contributed by atoms with Gasteiger partial charge in [0.1, 0.15) is 5.75 Å². The number of amides is 1. The number of hydrogen-bond acceptors (Lipinski definition) is 7. The molecule has 2 aromatic carbocycles. The van der Waals surface area contributed by atoms with Gasteiger partial charge in [0.2, 0.25) is 0 Å². The summed E-state index contributed by atoms with van der Waals surface area (Å²) in [6.45, 7) is 8.39. The third kappa shape index (κ3) is 8.59. The van der Waals surface area contributed by atoms with Gasteiger partial charge >= 0.3 is 5.97 Å².